The van der Waals surface area contributed by atoms with E-state index in [1.165, 1.54) is 19.3 Å². The third-order valence-corrected chi connectivity index (χ3v) is 4.81. The van der Waals surface area contributed by atoms with E-state index in [1.54, 1.807) is 14.2 Å². The van der Waals surface area contributed by atoms with Gasteiger partial charge in [0.05, 0.1) is 27.3 Å². The van der Waals surface area contributed by atoms with Gasteiger partial charge in [-0.05, 0) is 37.5 Å². The molecule has 0 amide bonds. The molecule has 0 saturated carbocycles. The quantitative estimate of drug-likeness (QED) is 0.561. The van der Waals surface area contributed by atoms with E-state index < -0.39 is 0 Å². The number of nitrogens with one attached hydrogen (secondary N) is 2. The van der Waals surface area contributed by atoms with Crippen LogP contribution >= 0.6 is 0 Å². The van der Waals surface area contributed by atoms with Gasteiger partial charge in [-0.25, -0.2) is 4.99 Å². The highest BCUT2D eigenvalue weighted by Gasteiger charge is 2.14. The summed E-state index contributed by atoms with van der Waals surface area (Å²) in [6.07, 6.45) is 4.65. The van der Waals surface area contributed by atoms with Crippen LogP contribution < -0.4 is 20.1 Å². The van der Waals surface area contributed by atoms with E-state index in [4.69, 9.17) is 9.47 Å². The van der Waals surface area contributed by atoms with Gasteiger partial charge in [-0.2, -0.15) is 0 Å². The van der Waals surface area contributed by atoms with Gasteiger partial charge in [0.25, 0.3) is 0 Å². The fourth-order valence-corrected chi connectivity index (χ4v) is 3.33. The number of benzene rings is 1. The van der Waals surface area contributed by atoms with Crippen molar-refractivity contribution in [2.75, 3.05) is 20.8 Å². The molecule has 8 nitrogen and oxygen atoms in total. The predicted molar refractivity (Wildman–Crippen MR) is 109 cm³/mol. The SMILES string of the molecule is CCNC(=NCc1ccc(OC)c(OC)c1)NCc1nnc2n1CCCCC2. The van der Waals surface area contributed by atoms with E-state index in [-0.39, 0.29) is 0 Å². The smallest absolute Gasteiger partial charge is 0.191 e. The molecule has 2 heterocycles. The van der Waals surface area contributed by atoms with Crippen LogP contribution in [0.3, 0.4) is 0 Å². The molecule has 152 valence electrons. The predicted octanol–water partition coefficient (Wildman–Crippen LogP) is 2.28. The van der Waals surface area contributed by atoms with Crippen molar-refractivity contribution in [3.05, 3.63) is 35.4 Å². The molecule has 0 bridgehead atoms. The van der Waals surface area contributed by atoms with Gasteiger partial charge in [-0.15, -0.1) is 10.2 Å². The van der Waals surface area contributed by atoms with Crippen molar-refractivity contribution in [1.29, 1.82) is 0 Å². The minimum Gasteiger partial charge on any atom is -0.493 e. The average molecular weight is 387 g/mol. The number of hydrogen-bond acceptors (Lipinski definition) is 5. The first-order valence-corrected chi connectivity index (χ1v) is 9.89. The van der Waals surface area contributed by atoms with Gasteiger partial charge in [0, 0.05) is 19.5 Å². The van der Waals surface area contributed by atoms with Crippen LogP contribution in [0.4, 0.5) is 0 Å². The molecule has 0 atom stereocenters. The molecule has 0 fully saturated rings. The lowest BCUT2D eigenvalue weighted by atomic mass is 10.2. The van der Waals surface area contributed by atoms with Gasteiger partial charge < -0.3 is 24.7 Å². The monoisotopic (exact) mass is 386 g/mol. The molecular weight excluding hydrogens is 356 g/mol. The van der Waals surface area contributed by atoms with Crippen molar-refractivity contribution in [2.24, 2.45) is 4.99 Å². The molecule has 1 aliphatic rings. The van der Waals surface area contributed by atoms with Crippen LogP contribution in [0, 0.1) is 0 Å². The van der Waals surface area contributed by atoms with Crippen molar-refractivity contribution in [1.82, 2.24) is 25.4 Å². The van der Waals surface area contributed by atoms with E-state index in [0.717, 1.165) is 42.7 Å². The lowest BCUT2D eigenvalue weighted by Crippen LogP contribution is -2.37. The van der Waals surface area contributed by atoms with Gasteiger partial charge in [-0.3, -0.25) is 0 Å². The largest absolute Gasteiger partial charge is 0.493 e. The maximum Gasteiger partial charge on any atom is 0.191 e. The molecular formula is C20H30N6O2. The van der Waals surface area contributed by atoms with Crippen molar-refractivity contribution < 1.29 is 9.47 Å². The Morgan fingerprint density at radius 1 is 1.11 bits per heavy atom. The molecule has 2 N–H and O–H groups in total. The number of hydrogen-bond donors (Lipinski definition) is 2. The molecule has 2 aromatic rings. The van der Waals surface area contributed by atoms with Crippen LogP contribution in [0.15, 0.2) is 23.2 Å². The number of methoxy groups -OCH3 is 2. The van der Waals surface area contributed by atoms with Crippen molar-refractivity contribution in [2.45, 2.75) is 52.2 Å². The zero-order chi connectivity index (χ0) is 19.8. The Kier molecular flexibility index (Phi) is 7.11. The normalized spacial score (nSPS) is 14.2. The van der Waals surface area contributed by atoms with Crippen LogP contribution in [-0.2, 0) is 26.1 Å². The first kappa shape index (κ1) is 20.0. The molecule has 1 aromatic carbocycles. The number of aryl methyl sites for hydroxylation is 1. The summed E-state index contributed by atoms with van der Waals surface area (Å²) < 4.78 is 12.9. The van der Waals surface area contributed by atoms with Crippen LogP contribution in [0.5, 0.6) is 11.5 Å². The van der Waals surface area contributed by atoms with Crippen molar-refractivity contribution >= 4 is 5.96 Å². The second-order valence-corrected chi connectivity index (χ2v) is 6.73. The Balaban J connectivity index is 1.66. The van der Waals surface area contributed by atoms with E-state index in [2.05, 4.69) is 37.3 Å². The standard InChI is InChI=1S/C20H30N6O2/c1-4-21-20(22-13-15-9-10-16(27-2)17(12-15)28-3)23-14-19-25-24-18-8-6-5-7-11-26(18)19/h9-10,12H,4-8,11,13-14H2,1-3H3,(H2,21,22,23). The summed E-state index contributed by atoms with van der Waals surface area (Å²) >= 11 is 0. The van der Waals surface area contributed by atoms with Gasteiger partial charge in [0.1, 0.15) is 5.82 Å². The van der Waals surface area contributed by atoms with Gasteiger partial charge >= 0.3 is 0 Å². The van der Waals surface area contributed by atoms with Gasteiger partial charge in [-0.1, -0.05) is 12.5 Å². The Bertz CT molecular complexity index is 802. The van der Waals surface area contributed by atoms with E-state index >= 15 is 0 Å². The summed E-state index contributed by atoms with van der Waals surface area (Å²) in [5, 5.41) is 15.4. The highest BCUT2D eigenvalue weighted by molar-refractivity contribution is 5.79. The summed E-state index contributed by atoms with van der Waals surface area (Å²) in [4.78, 5) is 4.69. The maximum absolute atomic E-state index is 5.37. The van der Waals surface area contributed by atoms with E-state index in [9.17, 15) is 0 Å². The lowest BCUT2D eigenvalue weighted by Gasteiger charge is -2.13. The summed E-state index contributed by atoms with van der Waals surface area (Å²) in [7, 11) is 3.27. The van der Waals surface area contributed by atoms with Gasteiger partial charge in [0.15, 0.2) is 23.3 Å². The highest BCUT2D eigenvalue weighted by atomic mass is 16.5. The number of fused-ring (bicyclic) bond motifs is 1. The molecule has 0 spiro atoms. The fourth-order valence-electron chi connectivity index (χ4n) is 3.33. The topological polar surface area (TPSA) is 85.6 Å². The summed E-state index contributed by atoms with van der Waals surface area (Å²) in [5.41, 5.74) is 1.05. The van der Waals surface area contributed by atoms with E-state index in [0.29, 0.717) is 24.6 Å². The second kappa shape index (κ2) is 9.96. The van der Waals surface area contributed by atoms with Crippen LogP contribution in [0.1, 0.15) is 43.4 Å². The Labute approximate surface area is 166 Å². The molecule has 0 saturated heterocycles. The van der Waals surface area contributed by atoms with Crippen molar-refractivity contribution in [3.8, 4) is 11.5 Å². The Morgan fingerprint density at radius 2 is 1.96 bits per heavy atom. The Hall–Kier alpha value is -2.77. The molecule has 8 heteroatoms. The maximum atomic E-state index is 5.37. The molecule has 3 rings (SSSR count). The van der Waals surface area contributed by atoms with Crippen LogP contribution in [0.25, 0.3) is 0 Å². The molecule has 28 heavy (non-hydrogen) atoms. The van der Waals surface area contributed by atoms with Crippen LogP contribution in [-0.4, -0.2) is 41.5 Å². The molecule has 0 aliphatic carbocycles. The third kappa shape index (κ3) is 4.94. The number of aromatic nitrogens is 3. The first-order valence-electron chi connectivity index (χ1n) is 9.89. The zero-order valence-electron chi connectivity index (χ0n) is 17.0. The Morgan fingerprint density at radius 3 is 2.75 bits per heavy atom. The van der Waals surface area contributed by atoms with Crippen LogP contribution in [0.2, 0.25) is 0 Å². The minimum atomic E-state index is 0.535. The van der Waals surface area contributed by atoms with Gasteiger partial charge in [0.2, 0.25) is 0 Å². The number of ether oxygens (including phenoxy) is 2. The lowest BCUT2D eigenvalue weighted by molar-refractivity contribution is 0.354. The third-order valence-electron chi connectivity index (χ3n) is 4.81. The van der Waals surface area contributed by atoms with Crippen molar-refractivity contribution in [3.63, 3.8) is 0 Å². The molecule has 1 aliphatic heterocycles. The summed E-state index contributed by atoms with van der Waals surface area (Å²) in [5.74, 6) is 4.24. The first-order chi connectivity index (χ1) is 13.7. The zero-order valence-corrected chi connectivity index (χ0v) is 17.0. The average Bonchev–Trinajstić information content (AvgIpc) is 2.95. The highest BCUT2D eigenvalue weighted by Crippen LogP contribution is 2.27. The fraction of sp³-hybridized carbons (Fsp3) is 0.550. The number of rotatable bonds is 7. The van der Waals surface area contributed by atoms with E-state index in [1.807, 2.05) is 18.2 Å². The molecule has 0 radical (unpaired) electrons. The second-order valence-electron chi connectivity index (χ2n) is 6.73. The molecule has 1 aromatic heterocycles. The summed E-state index contributed by atoms with van der Waals surface area (Å²) in [6, 6.07) is 5.84. The minimum absolute atomic E-state index is 0.535. The summed E-state index contributed by atoms with van der Waals surface area (Å²) in [6.45, 7) is 4.98. The molecule has 0 unspecified atom stereocenters. The number of aliphatic imine (C=N–C) groups is 1. The number of nitrogens with zero attached hydrogens (tertiary/aromatic N) is 4. The number of guanidine groups is 1.